The SMILES string of the molecule is Cc1cc(C(=O)N2CC=C[C@H]2C(C)C)cc(S(N)(=O)=O)c1C. The number of rotatable bonds is 3. The largest absolute Gasteiger partial charge is 0.328 e. The van der Waals surface area contributed by atoms with Crippen LogP contribution in [0.1, 0.15) is 35.3 Å². The van der Waals surface area contributed by atoms with Gasteiger partial charge in [-0.05, 0) is 43.0 Å². The van der Waals surface area contributed by atoms with Crippen molar-refractivity contribution in [1.29, 1.82) is 0 Å². The molecule has 5 nitrogen and oxygen atoms in total. The molecule has 0 fully saturated rings. The van der Waals surface area contributed by atoms with E-state index in [1.165, 1.54) is 6.07 Å². The van der Waals surface area contributed by atoms with Crippen LogP contribution in [0.4, 0.5) is 0 Å². The molecule has 120 valence electrons. The molecule has 2 N–H and O–H groups in total. The number of nitrogens with zero attached hydrogens (tertiary/aromatic N) is 1. The summed E-state index contributed by atoms with van der Waals surface area (Å²) >= 11 is 0. The lowest BCUT2D eigenvalue weighted by atomic mass is 10.0. The molecule has 22 heavy (non-hydrogen) atoms. The van der Waals surface area contributed by atoms with Gasteiger partial charge in [0.1, 0.15) is 0 Å². The maximum absolute atomic E-state index is 12.8. The van der Waals surface area contributed by atoms with Crippen molar-refractivity contribution >= 4 is 15.9 Å². The second-order valence-corrected chi connectivity index (χ2v) is 7.61. The fourth-order valence-electron chi connectivity index (χ4n) is 2.75. The second kappa shape index (κ2) is 5.85. The van der Waals surface area contributed by atoms with Gasteiger partial charge in [0.25, 0.3) is 5.91 Å². The van der Waals surface area contributed by atoms with Crippen molar-refractivity contribution in [3.63, 3.8) is 0 Å². The van der Waals surface area contributed by atoms with Gasteiger partial charge in [-0.3, -0.25) is 4.79 Å². The molecule has 1 amide bonds. The van der Waals surface area contributed by atoms with Gasteiger partial charge in [-0.1, -0.05) is 26.0 Å². The van der Waals surface area contributed by atoms with Gasteiger partial charge in [-0.25, -0.2) is 13.6 Å². The smallest absolute Gasteiger partial charge is 0.254 e. The lowest BCUT2D eigenvalue weighted by Crippen LogP contribution is -2.39. The van der Waals surface area contributed by atoms with Crippen LogP contribution in [0.15, 0.2) is 29.2 Å². The molecule has 1 aromatic rings. The summed E-state index contributed by atoms with van der Waals surface area (Å²) in [5.41, 5.74) is 1.68. The van der Waals surface area contributed by atoms with E-state index in [1.54, 1.807) is 24.8 Å². The Hall–Kier alpha value is -1.66. The van der Waals surface area contributed by atoms with Crippen molar-refractivity contribution in [2.45, 2.75) is 38.6 Å². The Morgan fingerprint density at radius 1 is 1.32 bits per heavy atom. The molecular weight excluding hydrogens is 300 g/mol. The fraction of sp³-hybridized carbons (Fsp3) is 0.438. The van der Waals surface area contributed by atoms with E-state index in [9.17, 15) is 13.2 Å². The highest BCUT2D eigenvalue weighted by atomic mass is 32.2. The Bertz CT molecular complexity index is 736. The number of hydrogen-bond donors (Lipinski definition) is 1. The third-order valence-corrected chi connectivity index (χ3v) is 5.15. The van der Waals surface area contributed by atoms with E-state index in [0.717, 1.165) is 5.56 Å². The van der Waals surface area contributed by atoms with Gasteiger partial charge in [-0.15, -0.1) is 0 Å². The number of benzene rings is 1. The van der Waals surface area contributed by atoms with Crippen LogP contribution in [0.3, 0.4) is 0 Å². The van der Waals surface area contributed by atoms with E-state index >= 15 is 0 Å². The van der Waals surface area contributed by atoms with Crippen LogP contribution < -0.4 is 5.14 Å². The molecule has 1 atom stereocenters. The number of amides is 1. The second-order valence-electron chi connectivity index (χ2n) is 6.08. The molecule has 0 saturated heterocycles. The average Bonchev–Trinajstić information content (AvgIpc) is 2.88. The summed E-state index contributed by atoms with van der Waals surface area (Å²) in [5.74, 6) is 0.128. The zero-order valence-electron chi connectivity index (χ0n) is 13.3. The summed E-state index contributed by atoms with van der Waals surface area (Å²) in [4.78, 5) is 14.5. The maximum atomic E-state index is 12.8. The third-order valence-electron chi connectivity index (χ3n) is 4.11. The summed E-state index contributed by atoms with van der Waals surface area (Å²) in [6.07, 6.45) is 3.98. The quantitative estimate of drug-likeness (QED) is 0.864. The third kappa shape index (κ3) is 3.08. The van der Waals surface area contributed by atoms with Gasteiger partial charge < -0.3 is 4.90 Å². The van der Waals surface area contributed by atoms with Crippen molar-refractivity contribution in [3.8, 4) is 0 Å². The molecule has 1 heterocycles. The number of carbonyl (C=O) groups is 1. The average molecular weight is 322 g/mol. The van der Waals surface area contributed by atoms with E-state index in [2.05, 4.69) is 13.8 Å². The van der Waals surface area contributed by atoms with E-state index < -0.39 is 10.0 Å². The Kier molecular flexibility index (Phi) is 4.44. The minimum atomic E-state index is -3.85. The summed E-state index contributed by atoms with van der Waals surface area (Å²) in [7, 11) is -3.85. The molecule has 0 saturated carbocycles. The standard InChI is InChI=1S/C16H22N2O3S/c1-10(2)14-6-5-7-18(14)16(19)13-8-11(3)12(4)15(9-13)22(17,20)21/h5-6,8-10,14H,7H2,1-4H3,(H2,17,20,21)/t14-/m0/s1. The van der Waals surface area contributed by atoms with Crippen molar-refractivity contribution < 1.29 is 13.2 Å². The van der Waals surface area contributed by atoms with Crippen LogP contribution in [-0.4, -0.2) is 31.8 Å². The lowest BCUT2D eigenvalue weighted by molar-refractivity contribution is 0.0720. The zero-order valence-corrected chi connectivity index (χ0v) is 14.1. The highest BCUT2D eigenvalue weighted by Crippen LogP contribution is 2.24. The van der Waals surface area contributed by atoms with Crippen LogP contribution in [0.2, 0.25) is 0 Å². The number of primary sulfonamides is 1. The Morgan fingerprint density at radius 2 is 1.95 bits per heavy atom. The van der Waals surface area contributed by atoms with Gasteiger partial charge in [0.15, 0.2) is 0 Å². The Morgan fingerprint density at radius 3 is 2.50 bits per heavy atom. The number of carbonyl (C=O) groups excluding carboxylic acids is 1. The molecule has 0 aromatic heterocycles. The van der Waals surface area contributed by atoms with Gasteiger partial charge in [-0.2, -0.15) is 0 Å². The molecule has 0 bridgehead atoms. The lowest BCUT2D eigenvalue weighted by Gasteiger charge is -2.28. The van der Waals surface area contributed by atoms with Gasteiger partial charge in [0, 0.05) is 12.1 Å². The first-order valence-electron chi connectivity index (χ1n) is 7.24. The highest BCUT2D eigenvalue weighted by Gasteiger charge is 2.29. The zero-order chi connectivity index (χ0) is 16.7. The molecule has 1 aliphatic heterocycles. The first kappa shape index (κ1) is 16.7. The number of aryl methyl sites for hydroxylation is 1. The molecule has 6 heteroatoms. The fourth-order valence-corrected chi connectivity index (χ4v) is 3.63. The molecule has 0 radical (unpaired) electrons. The monoisotopic (exact) mass is 322 g/mol. The number of hydrogen-bond acceptors (Lipinski definition) is 3. The predicted molar refractivity (Wildman–Crippen MR) is 86.1 cm³/mol. The maximum Gasteiger partial charge on any atom is 0.254 e. The van der Waals surface area contributed by atoms with Crippen LogP contribution in [0, 0.1) is 19.8 Å². The van der Waals surface area contributed by atoms with Gasteiger partial charge >= 0.3 is 0 Å². The van der Waals surface area contributed by atoms with Crippen molar-refractivity contribution in [3.05, 3.63) is 41.0 Å². The molecule has 2 rings (SSSR count). The first-order valence-corrected chi connectivity index (χ1v) is 8.79. The number of nitrogens with two attached hydrogens (primary N) is 1. The van der Waals surface area contributed by atoms with Crippen LogP contribution in [0.25, 0.3) is 0 Å². The minimum Gasteiger partial charge on any atom is -0.328 e. The van der Waals surface area contributed by atoms with Crippen LogP contribution in [0.5, 0.6) is 0 Å². The minimum absolute atomic E-state index is 0.0177. The van der Waals surface area contributed by atoms with E-state index in [-0.39, 0.29) is 16.8 Å². The summed E-state index contributed by atoms with van der Waals surface area (Å²) < 4.78 is 23.4. The van der Waals surface area contributed by atoms with Crippen molar-refractivity contribution in [1.82, 2.24) is 4.90 Å². The molecule has 0 spiro atoms. The summed E-state index contributed by atoms with van der Waals surface area (Å²) in [5, 5.41) is 5.26. The predicted octanol–water partition coefficient (Wildman–Crippen LogP) is 1.99. The van der Waals surface area contributed by atoms with Gasteiger partial charge in [0.2, 0.25) is 10.0 Å². The van der Waals surface area contributed by atoms with Gasteiger partial charge in [0.05, 0.1) is 10.9 Å². The number of sulfonamides is 1. The Balaban J connectivity index is 2.46. The summed E-state index contributed by atoms with van der Waals surface area (Å²) in [6, 6.07) is 3.14. The molecule has 0 aliphatic carbocycles. The van der Waals surface area contributed by atoms with E-state index in [1.807, 2.05) is 12.2 Å². The Labute approximate surface area is 131 Å². The first-order chi connectivity index (χ1) is 10.1. The van der Waals surface area contributed by atoms with E-state index in [0.29, 0.717) is 23.6 Å². The highest BCUT2D eigenvalue weighted by molar-refractivity contribution is 7.89. The van der Waals surface area contributed by atoms with Crippen LogP contribution >= 0.6 is 0 Å². The molecule has 1 aliphatic rings. The van der Waals surface area contributed by atoms with Crippen LogP contribution in [-0.2, 0) is 10.0 Å². The topological polar surface area (TPSA) is 80.5 Å². The summed E-state index contributed by atoms with van der Waals surface area (Å²) in [6.45, 7) is 8.12. The van der Waals surface area contributed by atoms with Crippen molar-refractivity contribution in [2.24, 2.45) is 11.1 Å². The molecule has 1 aromatic carbocycles. The van der Waals surface area contributed by atoms with Crippen molar-refractivity contribution in [2.75, 3.05) is 6.54 Å². The molecular formula is C16H22N2O3S. The van der Waals surface area contributed by atoms with E-state index in [4.69, 9.17) is 5.14 Å². The normalized spacial score (nSPS) is 18.3. The molecule has 0 unspecified atom stereocenters.